The molecule has 0 fully saturated rings. The molecule has 2 N–H and O–H groups in total. The molecule has 22 heavy (non-hydrogen) atoms. The average Bonchev–Trinajstić information content (AvgIpc) is 2.54. The summed E-state index contributed by atoms with van der Waals surface area (Å²) in [6.45, 7) is 2.12. The highest BCUT2D eigenvalue weighted by Gasteiger charge is 2.07. The largest absolute Gasteiger partial charge is 0.497 e. The van der Waals surface area contributed by atoms with Gasteiger partial charge in [0.05, 0.1) is 19.9 Å². The second-order valence-electron chi connectivity index (χ2n) is 4.70. The molecule has 0 aliphatic rings. The first-order valence-corrected chi connectivity index (χ1v) is 7.46. The maximum atomic E-state index is 5.37. The van der Waals surface area contributed by atoms with E-state index in [0.717, 1.165) is 23.5 Å². The number of hydrogen-bond acceptors (Lipinski definition) is 3. The van der Waals surface area contributed by atoms with Gasteiger partial charge in [0.15, 0.2) is 5.11 Å². The summed E-state index contributed by atoms with van der Waals surface area (Å²) >= 11 is 5.37. The van der Waals surface area contributed by atoms with Crippen molar-refractivity contribution in [2.45, 2.75) is 13.3 Å². The SMILES string of the molecule is CCc1cccc(NC(=S)Nc2cc(OC)ccc2OC)c1. The van der Waals surface area contributed by atoms with E-state index in [0.29, 0.717) is 10.9 Å². The van der Waals surface area contributed by atoms with E-state index < -0.39 is 0 Å². The Kier molecular flexibility index (Phi) is 5.61. The standard InChI is InChI=1S/C17H20N2O2S/c1-4-12-6-5-7-13(10-12)18-17(22)19-15-11-14(20-2)8-9-16(15)21-3/h5-11H,4H2,1-3H3,(H2,18,19,22). The Morgan fingerprint density at radius 3 is 2.55 bits per heavy atom. The highest BCUT2D eigenvalue weighted by molar-refractivity contribution is 7.80. The molecule has 0 saturated carbocycles. The summed E-state index contributed by atoms with van der Waals surface area (Å²) in [6, 6.07) is 13.7. The summed E-state index contributed by atoms with van der Waals surface area (Å²) in [7, 11) is 3.24. The Labute approximate surface area is 136 Å². The van der Waals surface area contributed by atoms with Crippen LogP contribution in [0.25, 0.3) is 0 Å². The smallest absolute Gasteiger partial charge is 0.175 e. The van der Waals surface area contributed by atoms with Crippen LogP contribution in [0.5, 0.6) is 11.5 Å². The van der Waals surface area contributed by atoms with Gasteiger partial charge in [-0.1, -0.05) is 19.1 Å². The lowest BCUT2D eigenvalue weighted by Gasteiger charge is -2.14. The number of anilines is 2. The van der Waals surface area contributed by atoms with E-state index in [4.69, 9.17) is 21.7 Å². The molecule has 0 unspecified atom stereocenters. The summed E-state index contributed by atoms with van der Waals surface area (Å²) < 4.78 is 10.6. The predicted octanol–water partition coefficient (Wildman–Crippen LogP) is 4.08. The van der Waals surface area contributed by atoms with Gasteiger partial charge in [-0.15, -0.1) is 0 Å². The molecule has 0 bridgehead atoms. The zero-order valence-electron chi connectivity index (χ0n) is 13.0. The van der Waals surface area contributed by atoms with E-state index in [1.54, 1.807) is 14.2 Å². The molecule has 5 heteroatoms. The summed E-state index contributed by atoms with van der Waals surface area (Å²) in [5.41, 5.74) is 2.97. The molecule has 2 aromatic carbocycles. The lowest BCUT2D eigenvalue weighted by molar-refractivity contribution is 0.405. The number of ether oxygens (including phenoxy) is 2. The van der Waals surface area contributed by atoms with Crippen LogP contribution in [0.1, 0.15) is 12.5 Å². The Morgan fingerprint density at radius 2 is 1.86 bits per heavy atom. The van der Waals surface area contributed by atoms with Gasteiger partial charge in [-0.2, -0.15) is 0 Å². The second kappa shape index (κ2) is 7.66. The van der Waals surface area contributed by atoms with E-state index >= 15 is 0 Å². The third kappa shape index (κ3) is 4.11. The molecule has 0 saturated heterocycles. The summed E-state index contributed by atoms with van der Waals surface area (Å²) in [5.74, 6) is 1.44. The highest BCUT2D eigenvalue weighted by atomic mass is 32.1. The molecule has 0 aliphatic heterocycles. The maximum absolute atomic E-state index is 5.37. The first-order chi connectivity index (χ1) is 10.7. The quantitative estimate of drug-likeness (QED) is 0.814. The number of benzene rings is 2. The van der Waals surface area contributed by atoms with E-state index in [9.17, 15) is 0 Å². The fourth-order valence-electron chi connectivity index (χ4n) is 2.07. The van der Waals surface area contributed by atoms with Crippen LogP contribution >= 0.6 is 12.2 Å². The van der Waals surface area contributed by atoms with Gasteiger partial charge in [0.1, 0.15) is 11.5 Å². The van der Waals surface area contributed by atoms with Crippen LogP contribution in [0, 0.1) is 0 Å². The fraction of sp³-hybridized carbons (Fsp3) is 0.235. The van der Waals surface area contributed by atoms with E-state index in [1.165, 1.54) is 5.56 Å². The van der Waals surface area contributed by atoms with Crippen molar-refractivity contribution in [3.8, 4) is 11.5 Å². The van der Waals surface area contributed by atoms with E-state index in [-0.39, 0.29) is 0 Å². The van der Waals surface area contributed by atoms with Crippen LogP contribution in [-0.4, -0.2) is 19.3 Å². The van der Waals surface area contributed by atoms with Crippen LogP contribution in [0.4, 0.5) is 11.4 Å². The first kappa shape index (κ1) is 16.1. The number of nitrogens with one attached hydrogen (secondary N) is 2. The van der Waals surface area contributed by atoms with Gasteiger partial charge in [-0.05, 0) is 48.5 Å². The lowest BCUT2D eigenvalue weighted by atomic mass is 10.1. The van der Waals surface area contributed by atoms with E-state index in [2.05, 4.69) is 29.7 Å². The number of thiocarbonyl (C=S) groups is 1. The molecule has 2 aromatic rings. The zero-order valence-corrected chi connectivity index (χ0v) is 13.8. The number of hydrogen-bond donors (Lipinski definition) is 2. The minimum absolute atomic E-state index is 0.500. The lowest BCUT2D eigenvalue weighted by Crippen LogP contribution is -2.19. The van der Waals surface area contributed by atoms with Crippen LogP contribution in [0.15, 0.2) is 42.5 Å². The van der Waals surface area contributed by atoms with Crippen molar-refractivity contribution in [1.29, 1.82) is 0 Å². The molecule has 0 aromatic heterocycles. The zero-order chi connectivity index (χ0) is 15.9. The van der Waals surface area contributed by atoms with E-state index in [1.807, 2.05) is 30.3 Å². The second-order valence-corrected chi connectivity index (χ2v) is 5.11. The summed E-state index contributed by atoms with van der Waals surface area (Å²) in [5, 5.41) is 6.82. The average molecular weight is 316 g/mol. The van der Waals surface area contributed by atoms with Gasteiger partial charge in [-0.25, -0.2) is 0 Å². The Balaban J connectivity index is 2.11. The van der Waals surface area contributed by atoms with Crippen LogP contribution in [-0.2, 0) is 6.42 Å². The Morgan fingerprint density at radius 1 is 1.05 bits per heavy atom. The van der Waals surface area contributed by atoms with Gasteiger partial charge in [0.2, 0.25) is 0 Å². The minimum Gasteiger partial charge on any atom is -0.497 e. The minimum atomic E-state index is 0.500. The first-order valence-electron chi connectivity index (χ1n) is 7.05. The third-order valence-electron chi connectivity index (χ3n) is 3.25. The normalized spacial score (nSPS) is 9.95. The predicted molar refractivity (Wildman–Crippen MR) is 95.2 cm³/mol. The summed E-state index contributed by atoms with van der Waals surface area (Å²) in [4.78, 5) is 0. The monoisotopic (exact) mass is 316 g/mol. The molecule has 2 rings (SSSR count). The molecule has 0 heterocycles. The van der Waals surface area contributed by atoms with Crippen molar-refractivity contribution in [2.75, 3.05) is 24.9 Å². The van der Waals surface area contributed by atoms with Crippen molar-refractivity contribution in [1.82, 2.24) is 0 Å². The van der Waals surface area contributed by atoms with Crippen molar-refractivity contribution in [3.63, 3.8) is 0 Å². The van der Waals surface area contributed by atoms with Gasteiger partial charge in [0.25, 0.3) is 0 Å². The van der Waals surface area contributed by atoms with Crippen molar-refractivity contribution < 1.29 is 9.47 Å². The maximum Gasteiger partial charge on any atom is 0.175 e. The molecule has 0 radical (unpaired) electrons. The molecule has 4 nitrogen and oxygen atoms in total. The van der Waals surface area contributed by atoms with Gasteiger partial charge >= 0.3 is 0 Å². The number of aryl methyl sites for hydroxylation is 1. The third-order valence-corrected chi connectivity index (χ3v) is 3.45. The molecule has 0 amide bonds. The molecule has 0 aliphatic carbocycles. The molecular formula is C17H20N2O2S. The molecule has 0 spiro atoms. The highest BCUT2D eigenvalue weighted by Crippen LogP contribution is 2.29. The molecule has 0 atom stereocenters. The molecule has 116 valence electrons. The van der Waals surface area contributed by atoms with Crippen molar-refractivity contribution in [2.24, 2.45) is 0 Å². The topological polar surface area (TPSA) is 42.5 Å². The van der Waals surface area contributed by atoms with Gasteiger partial charge in [0, 0.05) is 11.8 Å². The van der Waals surface area contributed by atoms with Gasteiger partial charge < -0.3 is 20.1 Å². The van der Waals surface area contributed by atoms with Crippen molar-refractivity contribution in [3.05, 3.63) is 48.0 Å². The summed E-state index contributed by atoms with van der Waals surface area (Å²) in [6.07, 6.45) is 0.986. The Hall–Kier alpha value is -2.27. The van der Waals surface area contributed by atoms with Crippen LogP contribution in [0.3, 0.4) is 0 Å². The number of rotatable bonds is 5. The van der Waals surface area contributed by atoms with Crippen LogP contribution < -0.4 is 20.1 Å². The van der Waals surface area contributed by atoms with Crippen LogP contribution in [0.2, 0.25) is 0 Å². The molecular weight excluding hydrogens is 296 g/mol. The van der Waals surface area contributed by atoms with Gasteiger partial charge in [-0.3, -0.25) is 0 Å². The fourth-order valence-corrected chi connectivity index (χ4v) is 2.29. The Bertz CT molecular complexity index is 659. The number of methoxy groups -OCH3 is 2. The van der Waals surface area contributed by atoms with Crippen molar-refractivity contribution >= 4 is 28.7 Å².